The number of aryl methyl sites for hydroxylation is 1. The maximum absolute atomic E-state index is 12.6. The number of rotatable bonds is 30. The van der Waals surface area contributed by atoms with Gasteiger partial charge < -0.3 is 0 Å². The number of hydrogen-bond donors (Lipinski definition) is 0. The van der Waals surface area contributed by atoms with Gasteiger partial charge >= 0.3 is 0 Å². The van der Waals surface area contributed by atoms with Crippen molar-refractivity contribution in [1.82, 2.24) is 0 Å². The number of carbonyl (C=O) groups is 1. The largest absolute Gasteiger partial charge is 0.299 e. The molecule has 0 unspecified atom stereocenters. The highest BCUT2D eigenvalue weighted by Gasteiger charge is 2.13. The lowest BCUT2D eigenvalue weighted by Crippen LogP contribution is -2.38. The molecule has 0 amide bonds. The monoisotopic (exact) mass is 543 g/mol. The van der Waals surface area contributed by atoms with Crippen LogP contribution in [0.2, 0.25) is 0 Å². The van der Waals surface area contributed by atoms with Crippen LogP contribution in [0.4, 0.5) is 0 Å². The Balaban J connectivity index is 2.00. The molecule has 1 aromatic rings. The molecule has 0 aliphatic rings. The minimum Gasteiger partial charge on any atom is -0.299 e. The molecule has 0 N–H and O–H groups in total. The van der Waals surface area contributed by atoms with E-state index >= 15 is 0 Å². The number of nitrogens with zero attached hydrogens (tertiary/aromatic N) is 1. The van der Waals surface area contributed by atoms with E-state index in [4.69, 9.17) is 0 Å². The van der Waals surface area contributed by atoms with Gasteiger partial charge in [-0.05, 0) is 12.8 Å². The second kappa shape index (κ2) is 28.4. The highest BCUT2D eigenvalue weighted by atomic mass is 16.1. The lowest BCUT2D eigenvalue weighted by Gasteiger charge is -2.05. The summed E-state index contributed by atoms with van der Waals surface area (Å²) in [5, 5.41) is 0. The van der Waals surface area contributed by atoms with Crippen LogP contribution < -0.4 is 4.57 Å². The average Bonchev–Trinajstić information content (AvgIpc) is 2.94. The predicted molar refractivity (Wildman–Crippen MR) is 171 cm³/mol. The van der Waals surface area contributed by atoms with Crippen LogP contribution in [-0.4, -0.2) is 5.78 Å². The first kappa shape index (κ1) is 35.8. The molecule has 0 radical (unpaired) electrons. The Kier molecular flexibility index (Phi) is 26.1. The van der Waals surface area contributed by atoms with E-state index in [1.54, 1.807) is 0 Å². The first-order chi connectivity index (χ1) is 19.3. The second-order valence-electron chi connectivity index (χ2n) is 12.3. The molecule has 2 nitrogen and oxygen atoms in total. The van der Waals surface area contributed by atoms with Crippen LogP contribution in [0.15, 0.2) is 24.4 Å². The highest BCUT2D eigenvalue weighted by molar-refractivity contribution is 5.80. The second-order valence-corrected chi connectivity index (χ2v) is 12.3. The Labute approximate surface area is 245 Å². The quantitative estimate of drug-likeness (QED) is 0.0699. The fourth-order valence-electron chi connectivity index (χ4n) is 5.82. The van der Waals surface area contributed by atoms with Crippen molar-refractivity contribution in [2.45, 2.75) is 200 Å². The van der Waals surface area contributed by atoms with E-state index < -0.39 is 0 Å². The summed E-state index contributed by atoms with van der Waals surface area (Å²) in [5.41, 5.74) is 1.20. The normalized spacial score (nSPS) is 11.3. The van der Waals surface area contributed by atoms with Gasteiger partial charge in [0.25, 0.3) is 0 Å². The molecule has 0 aliphatic carbocycles. The van der Waals surface area contributed by atoms with Crippen molar-refractivity contribution in [3.63, 3.8) is 0 Å². The summed E-state index contributed by atoms with van der Waals surface area (Å²) >= 11 is 0. The van der Waals surface area contributed by atoms with Crippen molar-refractivity contribution >= 4 is 5.78 Å². The van der Waals surface area contributed by atoms with Crippen LogP contribution in [0.3, 0.4) is 0 Å². The average molecular weight is 543 g/mol. The van der Waals surface area contributed by atoms with Gasteiger partial charge in [0.05, 0.1) is 6.42 Å². The zero-order valence-corrected chi connectivity index (χ0v) is 26.7. The molecule has 0 atom stereocenters. The van der Waals surface area contributed by atoms with Crippen LogP contribution in [0, 0.1) is 0 Å². The summed E-state index contributed by atoms with van der Waals surface area (Å²) in [4.78, 5) is 12.6. The van der Waals surface area contributed by atoms with E-state index in [0.717, 1.165) is 19.4 Å². The Bertz CT molecular complexity index is 655. The topological polar surface area (TPSA) is 20.9 Å². The summed E-state index contributed by atoms with van der Waals surface area (Å²) in [6, 6.07) is 6.36. The van der Waals surface area contributed by atoms with Gasteiger partial charge in [-0.1, -0.05) is 168 Å². The Morgan fingerprint density at radius 1 is 0.513 bits per heavy atom. The maximum atomic E-state index is 12.6. The fourth-order valence-corrected chi connectivity index (χ4v) is 5.82. The van der Waals surface area contributed by atoms with Crippen molar-refractivity contribution < 1.29 is 9.36 Å². The molecule has 2 heteroatoms. The van der Waals surface area contributed by atoms with Crippen LogP contribution in [0.25, 0.3) is 0 Å². The molecule has 0 spiro atoms. The number of unbranched alkanes of at least 4 members (excludes halogenated alkanes) is 24. The third kappa shape index (κ3) is 23.2. The van der Waals surface area contributed by atoms with Gasteiger partial charge in [0.1, 0.15) is 12.3 Å². The fraction of sp³-hybridized carbons (Fsp3) is 0.838. The first-order valence-electron chi connectivity index (χ1n) is 17.8. The number of ketones is 1. The van der Waals surface area contributed by atoms with Crippen LogP contribution in [0.5, 0.6) is 0 Å². The van der Waals surface area contributed by atoms with Gasteiger partial charge in [0, 0.05) is 25.0 Å². The van der Waals surface area contributed by atoms with E-state index in [-0.39, 0.29) is 0 Å². The van der Waals surface area contributed by atoms with Gasteiger partial charge in [-0.25, -0.2) is 4.57 Å². The molecule has 0 fully saturated rings. The van der Waals surface area contributed by atoms with E-state index in [1.807, 2.05) is 0 Å². The van der Waals surface area contributed by atoms with E-state index in [0.29, 0.717) is 12.2 Å². The molecule has 1 aromatic heterocycles. The molecule has 1 rings (SSSR count). The van der Waals surface area contributed by atoms with Crippen molar-refractivity contribution in [3.05, 3.63) is 30.1 Å². The zero-order chi connectivity index (χ0) is 28.1. The summed E-state index contributed by atoms with van der Waals surface area (Å²) in [6.07, 6.45) is 39.2. The van der Waals surface area contributed by atoms with Crippen LogP contribution in [0.1, 0.15) is 193 Å². The Morgan fingerprint density at radius 2 is 0.897 bits per heavy atom. The van der Waals surface area contributed by atoms with Gasteiger partial charge in [-0.2, -0.15) is 0 Å². The molecule has 1 heterocycles. The minimum atomic E-state index is 0.419. The lowest BCUT2D eigenvalue weighted by molar-refractivity contribution is -0.704. The van der Waals surface area contributed by atoms with E-state index in [2.05, 4.69) is 42.8 Å². The van der Waals surface area contributed by atoms with Crippen molar-refractivity contribution in [2.24, 2.45) is 0 Å². The highest BCUT2D eigenvalue weighted by Crippen LogP contribution is 2.14. The molecule has 39 heavy (non-hydrogen) atoms. The van der Waals surface area contributed by atoms with Crippen molar-refractivity contribution in [2.75, 3.05) is 0 Å². The summed E-state index contributed by atoms with van der Waals surface area (Å²) < 4.78 is 2.33. The molecule has 0 saturated heterocycles. The molecule has 0 bridgehead atoms. The van der Waals surface area contributed by atoms with E-state index in [1.165, 1.54) is 166 Å². The molecule has 0 aliphatic heterocycles. The van der Waals surface area contributed by atoms with Gasteiger partial charge in [-0.3, -0.25) is 4.79 Å². The van der Waals surface area contributed by atoms with E-state index in [9.17, 15) is 4.79 Å². The number of aromatic nitrogens is 1. The zero-order valence-electron chi connectivity index (χ0n) is 26.7. The molecular weight excluding hydrogens is 474 g/mol. The van der Waals surface area contributed by atoms with Crippen LogP contribution in [-0.2, 0) is 17.8 Å². The smallest absolute Gasteiger partial charge is 0.188 e. The number of carbonyl (C=O) groups excluding carboxylic acids is 1. The van der Waals surface area contributed by atoms with Crippen molar-refractivity contribution in [3.8, 4) is 0 Å². The molecule has 0 aromatic carbocycles. The Hall–Kier alpha value is -1.18. The number of pyridine rings is 1. The summed E-state index contributed by atoms with van der Waals surface area (Å²) in [5.74, 6) is 0.419. The standard InChI is InChI=1S/C37H68NO/c1-3-5-7-9-11-13-15-17-18-20-22-24-26-29-33-38-34-30-28-31-36(38)35-37(39)32-27-25-23-21-19-16-14-12-10-8-6-4-2/h28,30-31,34H,3-27,29,32-33,35H2,1-2H3/q+1. The van der Waals surface area contributed by atoms with Crippen molar-refractivity contribution in [1.29, 1.82) is 0 Å². The number of hydrogen-bond acceptors (Lipinski definition) is 1. The van der Waals surface area contributed by atoms with Crippen LogP contribution >= 0.6 is 0 Å². The minimum absolute atomic E-state index is 0.419. The summed E-state index contributed by atoms with van der Waals surface area (Å²) in [6.45, 7) is 5.63. The SMILES string of the molecule is CCCCCCCCCCCCCCCC[n+]1ccccc1CC(=O)CCCCCCCCCCCCCC. The molecule has 0 saturated carbocycles. The van der Waals surface area contributed by atoms with Gasteiger partial charge in [0.2, 0.25) is 0 Å². The third-order valence-corrected chi connectivity index (χ3v) is 8.47. The van der Waals surface area contributed by atoms with Gasteiger partial charge in [-0.15, -0.1) is 0 Å². The Morgan fingerprint density at radius 3 is 1.33 bits per heavy atom. The molecular formula is C37H68NO+. The molecule has 226 valence electrons. The predicted octanol–water partition coefficient (Wildman–Crippen LogP) is 11.7. The number of Topliss-reactive ketones (excluding diaryl/α,β-unsaturated/α-hetero) is 1. The summed E-state index contributed by atoms with van der Waals surface area (Å²) in [7, 11) is 0. The third-order valence-electron chi connectivity index (χ3n) is 8.47. The maximum Gasteiger partial charge on any atom is 0.188 e. The lowest BCUT2D eigenvalue weighted by atomic mass is 10.0. The van der Waals surface area contributed by atoms with Gasteiger partial charge in [0.15, 0.2) is 11.9 Å². The first-order valence-corrected chi connectivity index (χ1v) is 17.8.